The van der Waals surface area contributed by atoms with E-state index >= 15 is 0 Å². The first kappa shape index (κ1) is 17.3. The van der Waals surface area contributed by atoms with Gasteiger partial charge in [-0.25, -0.2) is 4.79 Å². The zero-order chi connectivity index (χ0) is 16.0. The third-order valence-electron chi connectivity index (χ3n) is 4.93. The number of aliphatic hydroxyl groups excluding tert-OH is 1. The average Bonchev–Trinajstić information content (AvgIpc) is 3.05. The van der Waals surface area contributed by atoms with Gasteiger partial charge in [0.05, 0.1) is 0 Å². The summed E-state index contributed by atoms with van der Waals surface area (Å²) in [6, 6.07) is 4.26. The Hall–Kier alpha value is -1.07. The number of carbonyl (C=O) groups excluding carboxylic acids is 1. The van der Waals surface area contributed by atoms with Gasteiger partial charge in [0.2, 0.25) is 0 Å². The van der Waals surface area contributed by atoms with Crippen molar-refractivity contribution in [1.82, 2.24) is 10.2 Å². The molecular formula is C17H28N2O2S. The number of nitrogens with zero attached hydrogens (tertiary/aromatic N) is 1. The molecule has 1 aliphatic heterocycles. The Morgan fingerprint density at radius 2 is 2.23 bits per heavy atom. The first-order valence-corrected chi connectivity index (χ1v) is 9.12. The number of thiophene rings is 1. The monoisotopic (exact) mass is 324 g/mol. The molecule has 0 spiro atoms. The van der Waals surface area contributed by atoms with Crippen molar-refractivity contribution in [3.63, 3.8) is 0 Å². The SMILES string of the molecule is CCC1(CO)CCN(C(=O)NCC(C)Cc2cccs2)CC1. The lowest BCUT2D eigenvalue weighted by Crippen LogP contribution is -2.49. The van der Waals surface area contributed by atoms with E-state index in [1.54, 1.807) is 11.3 Å². The highest BCUT2D eigenvalue weighted by molar-refractivity contribution is 7.09. The summed E-state index contributed by atoms with van der Waals surface area (Å²) in [5, 5.41) is 14.7. The molecule has 1 aliphatic rings. The molecule has 1 atom stereocenters. The van der Waals surface area contributed by atoms with E-state index in [1.165, 1.54) is 4.88 Å². The second kappa shape index (κ2) is 7.97. The molecule has 0 saturated carbocycles. The van der Waals surface area contributed by atoms with Crippen LogP contribution in [0.4, 0.5) is 4.79 Å². The van der Waals surface area contributed by atoms with Gasteiger partial charge in [0.1, 0.15) is 0 Å². The van der Waals surface area contributed by atoms with Gasteiger partial charge in [0.15, 0.2) is 0 Å². The standard InChI is InChI=1S/C17H28N2O2S/c1-3-17(13-20)6-8-19(9-7-17)16(21)18-12-14(2)11-15-5-4-10-22-15/h4-5,10,14,20H,3,6-9,11-13H2,1-2H3,(H,18,21). The lowest BCUT2D eigenvalue weighted by Gasteiger charge is -2.40. The second-order valence-corrected chi connectivity index (χ2v) is 7.61. The van der Waals surface area contributed by atoms with Crippen molar-refractivity contribution in [2.75, 3.05) is 26.2 Å². The Balaban J connectivity index is 1.72. The highest BCUT2D eigenvalue weighted by atomic mass is 32.1. The zero-order valence-corrected chi connectivity index (χ0v) is 14.5. The van der Waals surface area contributed by atoms with Crippen molar-refractivity contribution in [2.45, 2.75) is 39.5 Å². The van der Waals surface area contributed by atoms with E-state index in [-0.39, 0.29) is 18.1 Å². The van der Waals surface area contributed by atoms with Crippen molar-refractivity contribution in [1.29, 1.82) is 0 Å². The second-order valence-electron chi connectivity index (χ2n) is 6.57. The van der Waals surface area contributed by atoms with Crippen LogP contribution < -0.4 is 5.32 Å². The number of nitrogens with one attached hydrogen (secondary N) is 1. The summed E-state index contributed by atoms with van der Waals surface area (Å²) in [7, 11) is 0. The smallest absolute Gasteiger partial charge is 0.317 e. The minimum Gasteiger partial charge on any atom is -0.396 e. The largest absolute Gasteiger partial charge is 0.396 e. The van der Waals surface area contributed by atoms with E-state index in [1.807, 2.05) is 4.90 Å². The molecule has 22 heavy (non-hydrogen) atoms. The van der Waals surface area contributed by atoms with E-state index < -0.39 is 0 Å². The van der Waals surface area contributed by atoms with Gasteiger partial charge in [0.25, 0.3) is 0 Å². The Kier molecular flexibility index (Phi) is 6.26. The molecule has 1 aromatic rings. The zero-order valence-electron chi connectivity index (χ0n) is 13.7. The molecule has 5 heteroatoms. The lowest BCUT2D eigenvalue weighted by molar-refractivity contribution is 0.0518. The van der Waals surface area contributed by atoms with Crippen LogP contribution in [0.1, 0.15) is 38.0 Å². The van der Waals surface area contributed by atoms with Crippen molar-refractivity contribution >= 4 is 17.4 Å². The fourth-order valence-electron chi connectivity index (χ4n) is 3.03. The Morgan fingerprint density at radius 1 is 1.50 bits per heavy atom. The number of amides is 2. The molecule has 124 valence electrons. The predicted molar refractivity (Wildman–Crippen MR) is 91.2 cm³/mol. The van der Waals surface area contributed by atoms with Crippen LogP contribution in [-0.4, -0.2) is 42.3 Å². The van der Waals surface area contributed by atoms with Gasteiger partial charge in [0, 0.05) is 31.1 Å². The van der Waals surface area contributed by atoms with Gasteiger partial charge in [-0.05, 0) is 48.5 Å². The molecule has 0 bridgehead atoms. The Labute approximate surface area is 137 Å². The minimum atomic E-state index is 0.0310. The van der Waals surface area contributed by atoms with Gasteiger partial charge in [-0.3, -0.25) is 0 Å². The fraction of sp³-hybridized carbons (Fsp3) is 0.706. The quantitative estimate of drug-likeness (QED) is 0.845. The molecule has 2 rings (SSSR count). The number of urea groups is 1. The van der Waals surface area contributed by atoms with E-state index in [0.29, 0.717) is 12.5 Å². The van der Waals surface area contributed by atoms with Crippen LogP contribution in [0.25, 0.3) is 0 Å². The minimum absolute atomic E-state index is 0.0310. The van der Waals surface area contributed by atoms with Gasteiger partial charge in [-0.1, -0.05) is 19.9 Å². The maximum atomic E-state index is 12.2. The Morgan fingerprint density at radius 3 is 2.77 bits per heavy atom. The van der Waals surface area contributed by atoms with Crippen LogP contribution in [0.5, 0.6) is 0 Å². The van der Waals surface area contributed by atoms with Gasteiger partial charge >= 0.3 is 6.03 Å². The van der Waals surface area contributed by atoms with E-state index in [0.717, 1.165) is 38.8 Å². The van der Waals surface area contributed by atoms with Gasteiger partial charge < -0.3 is 15.3 Å². The molecule has 2 heterocycles. The summed E-state index contributed by atoms with van der Waals surface area (Å²) < 4.78 is 0. The molecule has 1 saturated heterocycles. The third-order valence-corrected chi connectivity index (χ3v) is 5.83. The van der Waals surface area contributed by atoms with Crippen LogP contribution in [0.2, 0.25) is 0 Å². The van der Waals surface area contributed by atoms with Crippen LogP contribution in [-0.2, 0) is 6.42 Å². The van der Waals surface area contributed by atoms with Crippen molar-refractivity contribution in [3.8, 4) is 0 Å². The normalized spacial score (nSPS) is 19.0. The van der Waals surface area contributed by atoms with Gasteiger partial charge in [-0.2, -0.15) is 0 Å². The van der Waals surface area contributed by atoms with Crippen LogP contribution in [0, 0.1) is 11.3 Å². The topological polar surface area (TPSA) is 52.6 Å². The van der Waals surface area contributed by atoms with E-state index in [9.17, 15) is 9.90 Å². The summed E-state index contributed by atoms with van der Waals surface area (Å²) >= 11 is 1.77. The Bertz CT molecular complexity index is 447. The van der Waals surface area contributed by atoms with E-state index in [4.69, 9.17) is 0 Å². The summed E-state index contributed by atoms with van der Waals surface area (Å²) in [6.45, 7) is 6.74. The molecule has 0 radical (unpaired) electrons. The molecular weight excluding hydrogens is 296 g/mol. The molecule has 1 unspecified atom stereocenters. The van der Waals surface area contributed by atoms with Crippen molar-refractivity contribution in [3.05, 3.63) is 22.4 Å². The molecule has 1 aromatic heterocycles. The molecule has 0 aromatic carbocycles. The first-order valence-electron chi connectivity index (χ1n) is 8.24. The highest BCUT2D eigenvalue weighted by Gasteiger charge is 2.33. The summed E-state index contributed by atoms with van der Waals surface area (Å²) in [4.78, 5) is 15.5. The first-order chi connectivity index (χ1) is 10.6. The maximum Gasteiger partial charge on any atom is 0.317 e. The molecule has 0 aliphatic carbocycles. The summed E-state index contributed by atoms with van der Waals surface area (Å²) in [5.41, 5.74) is 0.0310. The maximum absolute atomic E-state index is 12.2. The predicted octanol–water partition coefficient (Wildman–Crippen LogP) is 3.12. The number of piperidine rings is 1. The average molecular weight is 324 g/mol. The number of rotatable bonds is 6. The molecule has 2 N–H and O–H groups in total. The van der Waals surface area contributed by atoms with Crippen LogP contribution in [0.15, 0.2) is 17.5 Å². The highest BCUT2D eigenvalue weighted by Crippen LogP contribution is 2.34. The molecule has 4 nitrogen and oxygen atoms in total. The molecule has 1 fully saturated rings. The van der Waals surface area contributed by atoms with Crippen LogP contribution >= 0.6 is 11.3 Å². The number of carbonyl (C=O) groups is 1. The number of likely N-dealkylation sites (tertiary alicyclic amines) is 1. The number of hydrogen-bond donors (Lipinski definition) is 2. The van der Waals surface area contributed by atoms with Gasteiger partial charge in [-0.15, -0.1) is 11.3 Å². The molecule has 2 amide bonds. The number of aliphatic hydroxyl groups is 1. The van der Waals surface area contributed by atoms with Crippen molar-refractivity contribution in [2.24, 2.45) is 11.3 Å². The third kappa shape index (κ3) is 4.46. The van der Waals surface area contributed by atoms with Crippen molar-refractivity contribution < 1.29 is 9.90 Å². The van der Waals surface area contributed by atoms with Crippen LogP contribution in [0.3, 0.4) is 0 Å². The lowest BCUT2D eigenvalue weighted by atomic mass is 9.77. The van der Waals surface area contributed by atoms with E-state index in [2.05, 4.69) is 36.7 Å². The number of hydrogen-bond acceptors (Lipinski definition) is 3. The summed E-state index contributed by atoms with van der Waals surface area (Å²) in [5.74, 6) is 0.444. The summed E-state index contributed by atoms with van der Waals surface area (Å²) in [6.07, 6.45) is 3.80. The fourth-order valence-corrected chi connectivity index (χ4v) is 3.90.